The Kier molecular flexibility index (Phi) is 3.35. The van der Waals surface area contributed by atoms with Gasteiger partial charge in [0.25, 0.3) is 0 Å². The summed E-state index contributed by atoms with van der Waals surface area (Å²) in [5.41, 5.74) is 6.81. The lowest BCUT2D eigenvalue weighted by Crippen LogP contribution is -2.33. The lowest BCUT2D eigenvalue weighted by molar-refractivity contribution is 0.0459. The molecule has 1 amide bonds. The molecule has 1 aromatic carbocycles. The third-order valence-corrected chi connectivity index (χ3v) is 2.25. The van der Waals surface area contributed by atoms with E-state index >= 15 is 0 Å². The van der Waals surface area contributed by atoms with Crippen LogP contribution in [-0.2, 0) is 11.2 Å². The molecule has 0 heterocycles. The highest BCUT2D eigenvalue weighted by molar-refractivity contribution is 5.65. The normalized spacial score (nSPS) is 11.1. The minimum Gasteiger partial charge on any atom is -0.443 e. The number of rotatable bonds is 3. The van der Waals surface area contributed by atoms with E-state index in [4.69, 9.17) is 10.5 Å². The molecule has 0 fully saturated rings. The molecule has 3 nitrogen and oxygen atoms in total. The number of hydrogen-bond donors (Lipinski definition) is 1. The van der Waals surface area contributed by atoms with Gasteiger partial charge < -0.3 is 10.5 Å². The predicted octanol–water partition coefficient (Wildman–Crippen LogP) is 2.41. The molecule has 1 aromatic rings. The fourth-order valence-electron chi connectivity index (χ4n) is 1.58. The zero-order chi connectivity index (χ0) is 11.5. The molecule has 0 unspecified atom stereocenters. The van der Waals surface area contributed by atoms with Crippen LogP contribution < -0.4 is 5.73 Å². The SMILES string of the molecule is Cc1ccccc1CC(C)(C)OC(N)=O. The number of nitrogens with two attached hydrogens (primary N) is 1. The first-order valence-electron chi connectivity index (χ1n) is 4.94. The van der Waals surface area contributed by atoms with E-state index in [-0.39, 0.29) is 0 Å². The van der Waals surface area contributed by atoms with Gasteiger partial charge in [-0.25, -0.2) is 4.79 Å². The molecule has 0 spiro atoms. The highest BCUT2D eigenvalue weighted by Gasteiger charge is 2.22. The molecule has 0 aromatic heterocycles. The standard InChI is InChI=1S/C12H17NO2/c1-9-6-4-5-7-10(9)8-12(2,3)15-11(13)14/h4-7H,8H2,1-3H3,(H2,13,14). The number of primary amides is 1. The number of hydrogen-bond acceptors (Lipinski definition) is 2. The van der Waals surface area contributed by atoms with Gasteiger partial charge in [0.2, 0.25) is 0 Å². The van der Waals surface area contributed by atoms with Crippen LogP contribution in [0.5, 0.6) is 0 Å². The van der Waals surface area contributed by atoms with Crippen molar-refractivity contribution >= 4 is 6.09 Å². The first kappa shape index (κ1) is 11.6. The second-order valence-corrected chi connectivity index (χ2v) is 4.28. The molecular weight excluding hydrogens is 190 g/mol. The number of carbonyl (C=O) groups is 1. The molecule has 0 aliphatic rings. The van der Waals surface area contributed by atoms with E-state index in [1.165, 1.54) is 11.1 Å². The third kappa shape index (κ3) is 3.62. The second-order valence-electron chi connectivity index (χ2n) is 4.28. The maximum Gasteiger partial charge on any atom is 0.405 e. The first-order chi connectivity index (χ1) is 6.91. The molecule has 0 saturated heterocycles. The maximum atomic E-state index is 10.7. The van der Waals surface area contributed by atoms with Gasteiger partial charge in [-0.05, 0) is 31.9 Å². The minimum atomic E-state index is -0.728. The molecule has 2 N–H and O–H groups in total. The van der Waals surface area contributed by atoms with Crippen LogP contribution in [0.2, 0.25) is 0 Å². The van der Waals surface area contributed by atoms with Crippen molar-refractivity contribution in [3.63, 3.8) is 0 Å². The Bertz CT molecular complexity index is 358. The Labute approximate surface area is 90.2 Å². The van der Waals surface area contributed by atoms with Gasteiger partial charge in [0, 0.05) is 6.42 Å². The molecule has 15 heavy (non-hydrogen) atoms. The van der Waals surface area contributed by atoms with E-state index < -0.39 is 11.7 Å². The Balaban J connectivity index is 2.77. The summed E-state index contributed by atoms with van der Waals surface area (Å²) in [7, 11) is 0. The largest absolute Gasteiger partial charge is 0.443 e. The zero-order valence-electron chi connectivity index (χ0n) is 9.41. The topological polar surface area (TPSA) is 52.3 Å². The van der Waals surface area contributed by atoms with Crippen LogP contribution >= 0.6 is 0 Å². The summed E-state index contributed by atoms with van der Waals surface area (Å²) < 4.78 is 5.04. The van der Waals surface area contributed by atoms with Crippen LogP contribution in [0.25, 0.3) is 0 Å². The van der Waals surface area contributed by atoms with E-state index in [0.29, 0.717) is 6.42 Å². The average molecular weight is 207 g/mol. The summed E-state index contributed by atoms with van der Waals surface area (Å²) in [4.78, 5) is 10.7. The molecule has 0 aliphatic heterocycles. The van der Waals surface area contributed by atoms with Crippen molar-refractivity contribution in [2.75, 3.05) is 0 Å². The van der Waals surface area contributed by atoms with E-state index in [1.54, 1.807) is 0 Å². The second kappa shape index (κ2) is 4.34. The smallest absolute Gasteiger partial charge is 0.405 e. The monoisotopic (exact) mass is 207 g/mol. The van der Waals surface area contributed by atoms with Gasteiger partial charge in [-0.3, -0.25) is 0 Å². The number of carbonyl (C=O) groups excluding carboxylic acids is 1. The van der Waals surface area contributed by atoms with Gasteiger partial charge in [-0.2, -0.15) is 0 Å². The quantitative estimate of drug-likeness (QED) is 0.827. The van der Waals surface area contributed by atoms with Crippen LogP contribution in [0, 0.1) is 6.92 Å². The van der Waals surface area contributed by atoms with Gasteiger partial charge in [0.1, 0.15) is 5.60 Å². The molecule has 0 radical (unpaired) electrons. The van der Waals surface area contributed by atoms with Gasteiger partial charge >= 0.3 is 6.09 Å². The van der Waals surface area contributed by atoms with Gasteiger partial charge in [-0.15, -0.1) is 0 Å². The summed E-state index contributed by atoms with van der Waals surface area (Å²) in [6.45, 7) is 5.74. The van der Waals surface area contributed by atoms with E-state index in [1.807, 2.05) is 45.0 Å². The van der Waals surface area contributed by atoms with Crippen molar-refractivity contribution in [1.82, 2.24) is 0 Å². The van der Waals surface area contributed by atoms with Crippen LogP contribution in [0.1, 0.15) is 25.0 Å². The van der Waals surface area contributed by atoms with Crippen LogP contribution in [-0.4, -0.2) is 11.7 Å². The summed E-state index contributed by atoms with van der Waals surface area (Å²) in [6, 6.07) is 8.03. The molecule has 0 bridgehead atoms. The number of amides is 1. The zero-order valence-corrected chi connectivity index (χ0v) is 9.41. The Morgan fingerprint density at radius 1 is 1.40 bits per heavy atom. The Hall–Kier alpha value is -1.51. The molecular formula is C12H17NO2. The van der Waals surface area contributed by atoms with E-state index in [9.17, 15) is 4.79 Å². The summed E-state index contributed by atoms with van der Waals surface area (Å²) in [5, 5.41) is 0. The summed E-state index contributed by atoms with van der Waals surface area (Å²) in [6.07, 6.45) is -0.0589. The summed E-state index contributed by atoms with van der Waals surface area (Å²) >= 11 is 0. The van der Waals surface area contributed by atoms with Crippen LogP contribution in [0.15, 0.2) is 24.3 Å². The van der Waals surface area contributed by atoms with Crippen molar-refractivity contribution in [1.29, 1.82) is 0 Å². The van der Waals surface area contributed by atoms with E-state index in [0.717, 1.165) is 0 Å². The molecule has 0 saturated carbocycles. The van der Waals surface area contributed by atoms with Crippen molar-refractivity contribution in [2.45, 2.75) is 32.8 Å². The lowest BCUT2D eigenvalue weighted by Gasteiger charge is -2.24. The predicted molar refractivity (Wildman–Crippen MR) is 59.6 cm³/mol. The van der Waals surface area contributed by atoms with Crippen molar-refractivity contribution < 1.29 is 9.53 Å². The van der Waals surface area contributed by atoms with Crippen LogP contribution in [0.4, 0.5) is 4.79 Å². The van der Waals surface area contributed by atoms with Crippen molar-refractivity contribution in [3.8, 4) is 0 Å². The lowest BCUT2D eigenvalue weighted by atomic mass is 9.95. The average Bonchev–Trinajstić information content (AvgIpc) is 2.06. The van der Waals surface area contributed by atoms with Gasteiger partial charge in [-0.1, -0.05) is 24.3 Å². The molecule has 3 heteroatoms. The highest BCUT2D eigenvalue weighted by atomic mass is 16.6. The Morgan fingerprint density at radius 3 is 2.53 bits per heavy atom. The number of benzene rings is 1. The third-order valence-electron chi connectivity index (χ3n) is 2.25. The van der Waals surface area contributed by atoms with Crippen LogP contribution in [0.3, 0.4) is 0 Å². The molecule has 0 atom stereocenters. The first-order valence-corrected chi connectivity index (χ1v) is 4.94. The van der Waals surface area contributed by atoms with Crippen molar-refractivity contribution in [3.05, 3.63) is 35.4 Å². The minimum absolute atomic E-state index is 0.558. The fraction of sp³-hybridized carbons (Fsp3) is 0.417. The molecule has 82 valence electrons. The van der Waals surface area contributed by atoms with Crippen molar-refractivity contribution in [2.24, 2.45) is 5.73 Å². The summed E-state index contributed by atoms with van der Waals surface area (Å²) in [5.74, 6) is 0. The Morgan fingerprint density at radius 2 is 2.00 bits per heavy atom. The fourth-order valence-corrected chi connectivity index (χ4v) is 1.58. The molecule has 1 rings (SSSR count). The molecule has 0 aliphatic carbocycles. The maximum absolute atomic E-state index is 10.7. The number of ether oxygens (including phenoxy) is 1. The number of aryl methyl sites for hydroxylation is 1. The van der Waals surface area contributed by atoms with E-state index in [2.05, 4.69) is 0 Å². The highest BCUT2D eigenvalue weighted by Crippen LogP contribution is 2.19. The van der Waals surface area contributed by atoms with Gasteiger partial charge in [0.15, 0.2) is 0 Å². The van der Waals surface area contributed by atoms with Gasteiger partial charge in [0.05, 0.1) is 0 Å².